The molecule has 0 unspecified atom stereocenters. The highest BCUT2D eigenvalue weighted by Crippen LogP contribution is 2.25. The highest BCUT2D eigenvalue weighted by molar-refractivity contribution is 5.94. The summed E-state index contributed by atoms with van der Waals surface area (Å²) in [6.07, 6.45) is -2.13. The summed E-state index contributed by atoms with van der Waals surface area (Å²) in [6, 6.07) is 0. The number of rotatable bonds is 5. The molecule has 0 radical (unpaired) electrons. The number of nitrogens with one attached hydrogen (secondary N) is 2. The van der Waals surface area contributed by atoms with Crippen molar-refractivity contribution in [1.82, 2.24) is 30.3 Å². The first-order valence-electron chi connectivity index (χ1n) is 6.62. The minimum atomic E-state index is -4.61. The second kappa shape index (κ2) is 6.16. The highest BCUT2D eigenvalue weighted by atomic mass is 19.4. The van der Waals surface area contributed by atoms with Gasteiger partial charge in [0.05, 0.1) is 17.8 Å². The van der Waals surface area contributed by atoms with Crippen LogP contribution in [0.5, 0.6) is 0 Å². The van der Waals surface area contributed by atoms with Crippen molar-refractivity contribution in [2.75, 3.05) is 0 Å². The number of aryl methyl sites for hydroxylation is 2. The van der Waals surface area contributed by atoms with Gasteiger partial charge in [0.15, 0.2) is 0 Å². The van der Waals surface area contributed by atoms with E-state index in [2.05, 4.69) is 25.6 Å². The van der Waals surface area contributed by atoms with Crippen LogP contribution < -0.4 is 5.32 Å². The van der Waals surface area contributed by atoms with Crippen molar-refractivity contribution in [2.45, 2.75) is 39.5 Å². The SMILES string of the molecule is CCCn1cc(C(=O)NCc2nc(C(F)(F)F)n[nH]2)c(C)n1. The van der Waals surface area contributed by atoms with E-state index in [0.717, 1.165) is 6.42 Å². The molecule has 0 fully saturated rings. The molecule has 0 spiro atoms. The van der Waals surface area contributed by atoms with Crippen LogP contribution in [0.4, 0.5) is 13.2 Å². The predicted molar refractivity (Wildman–Crippen MR) is 69.8 cm³/mol. The Morgan fingerprint density at radius 1 is 1.45 bits per heavy atom. The van der Waals surface area contributed by atoms with Crippen LogP contribution in [-0.2, 0) is 19.3 Å². The lowest BCUT2D eigenvalue weighted by atomic mass is 10.2. The van der Waals surface area contributed by atoms with Gasteiger partial charge in [-0.05, 0) is 13.3 Å². The van der Waals surface area contributed by atoms with E-state index < -0.39 is 17.9 Å². The molecular formula is C12H15F3N6O. The first kappa shape index (κ1) is 16.0. The fourth-order valence-electron chi connectivity index (χ4n) is 1.84. The van der Waals surface area contributed by atoms with Crippen LogP contribution in [-0.4, -0.2) is 30.9 Å². The normalized spacial score (nSPS) is 11.7. The summed E-state index contributed by atoms with van der Waals surface area (Å²) in [5, 5.41) is 11.9. The van der Waals surface area contributed by atoms with Gasteiger partial charge >= 0.3 is 6.18 Å². The molecule has 0 aliphatic carbocycles. The van der Waals surface area contributed by atoms with Gasteiger partial charge in [-0.3, -0.25) is 14.6 Å². The van der Waals surface area contributed by atoms with Crippen molar-refractivity contribution in [1.29, 1.82) is 0 Å². The molecule has 0 aliphatic rings. The lowest BCUT2D eigenvalue weighted by molar-refractivity contribution is -0.144. The highest BCUT2D eigenvalue weighted by Gasteiger charge is 2.36. The Hall–Kier alpha value is -2.39. The lowest BCUT2D eigenvalue weighted by Crippen LogP contribution is -2.23. The Balaban J connectivity index is 1.99. The summed E-state index contributed by atoms with van der Waals surface area (Å²) in [7, 11) is 0. The summed E-state index contributed by atoms with van der Waals surface area (Å²) in [5.41, 5.74) is 0.934. The number of hydrogen-bond donors (Lipinski definition) is 2. The van der Waals surface area contributed by atoms with Gasteiger partial charge in [-0.15, -0.1) is 5.10 Å². The molecule has 2 aromatic rings. The molecule has 10 heteroatoms. The van der Waals surface area contributed by atoms with Crippen LogP contribution in [0.1, 0.15) is 41.0 Å². The van der Waals surface area contributed by atoms with Gasteiger partial charge < -0.3 is 5.32 Å². The Morgan fingerprint density at radius 3 is 2.77 bits per heavy atom. The molecule has 0 atom stereocenters. The van der Waals surface area contributed by atoms with E-state index in [0.29, 0.717) is 17.8 Å². The van der Waals surface area contributed by atoms with Crippen molar-refractivity contribution in [3.05, 3.63) is 29.1 Å². The Kier molecular flexibility index (Phi) is 4.48. The number of amides is 1. The third-order valence-corrected chi connectivity index (χ3v) is 2.85. The third-order valence-electron chi connectivity index (χ3n) is 2.85. The fraction of sp³-hybridized carbons (Fsp3) is 0.500. The van der Waals surface area contributed by atoms with Gasteiger partial charge in [-0.25, -0.2) is 4.98 Å². The van der Waals surface area contributed by atoms with Crippen molar-refractivity contribution >= 4 is 5.91 Å². The quantitative estimate of drug-likeness (QED) is 0.878. The number of aromatic nitrogens is 5. The minimum Gasteiger partial charge on any atom is -0.345 e. The van der Waals surface area contributed by atoms with Crippen molar-refractivity contribution in [2.24, 2.45) is 0 Å². The maximum Gasteiger partial charge on any atom is 0.453 e. The molecule has 120 valence electrons. The molecule has 0 aromatic carbocycles. The third kappa shape index (κ3) is 3.62. The topological polar surface area (TPSA) is 88.5 Å². The average Bonchev–Trinajstić information content (AvgIpc) is 3.03. The summed E-state index contributed by atoms with van der Waals surface area (Å²) < 4.78 is 38.7. The Labute approximate surface area is 123 Å². The summed E-state index contributed by atoms with van der Waals surface area (Å²) in [6.45, 7) is 4.18. The van der Waals surface area contributed by atoms with Crippen molar-refractivity contribution in [3.8, 4) is 0 Å². The maximum absolute atomic E-state index is 12.3. The van der Waals surface area contributed by atoms with Crippen LogP contribution >= 0.6 is 0 Å². The first-order valence-corrected chi connectivity index (χ1v) is 6.62. The molecule has 2 heterocycles. The van der Waals surface area contributed by atoms with E-state index in [4.69, 9.17) is 0 Å². The molecule has 22 heavy (non-hydrogen) atoms. The van der Waals surface area contributed by atoms with E-state index in [9.17, 15) is 18.0 Å². The van der Waals surface area contributed by atoms with Gasteiger partial charge in [0.25, 0.3) is 11.7 Å². The summed E-state index contributed by atoms with van der Waals surface area (Å²) >= 11 is 0. The second-order valence-electron chi connectivity index (χ2n) is 4.68. The number of carbonyl (C=O) groups excluding carboxylic acids is 1. The number of alkyl halides is 3. The van der Waals surface area contributed by atoms with Gasteiger partial charge in [-0.1, -0.05) is 6.92 Å². The number of hydrogen-bond acceptors (Lipinski definition) is 4. The molecule has 0 bridgehead atoms. The van der Waals surface area contributed by atoms with Gasteiger partial charge in [-0.2, -0.15) is 18.3 Å². The Morgan fingerprint density at radius 2 is 2.18 bits per heavy atom. The molecule has 1 amide bonds. The fourth-order valence-corrected chi connectivity index (χ4v) is 1.84. The van der Waals surface area contributed by atoms with Crippen LogP contribution in [0.3, 0.4) is 0 Å². The van der Waals surface area contributed by atoms with Gasteiger partial charge in [0.1, 0.15) is 5.82 Å². The van der Waals surface area contributed by atoms with E-state index in [1.54, 1.807) is 17.8 Å². The summed E-state index contributed by atoms with van der Waals surface area (Å²) in [4.78, 5) is 15.3. The van der Waals surface area contributed by atoms with Crippen LogP contribution in [0.25, 0.3) is 0 Å². The number of carbonyl (C=O) groups is 1. The second-order valence-corrected chi connectivity index (χ2v) is 4.68. The van der Waals surface area contributed by atoms with Crippen molar-refractivity contribution < 1.29 is 18.0 Å². The van der Waals surface area contributed by atoms with E-state index >= 15 is 0 Å². The Bertz CT molecular complexity index is 660. The number of aromatic amines is 1. The molecular weight excluding hydrogens is 301 g/mol. The molecule has 2 aromatic heterocycles. The van der Waals surface area contributed by atoms with Gasteiger partial charge in [0, 0.05) is 12.7 Å². The standard InChI is InChI=1S/C12H15F3N6O/c1-3-4-21-6-8(7(2)20-21)10(22)16-5-9-17-11(19-18-9)12(13,14)15/h6H,3-5H2,1-2H3,(H,16,22)(H,17,18,19). The smallest absolute Gasteiger partial charge is 0.345 e. The molecule has 7 nitrogen and oxygen atoms in total. The average molecular weight is 316 g/mol. The lowest BCUT2D eigenvalue weighted by Gasteiger charge is -2.01. The monoisotopic (exact) mass is 316 g/mol. The van der Waals surface area contributed by atoms with Crippen LogP contribution in [0, 0.1) is 6.92 Å². The van der Waals surface area contributed by atoms with Crippen LogP contribution in [0.15, 0.2) is 6.20 Å². The minimum absolute atomic E-state index is 0.0701. The molecule has 0 saturated carbocycles. The summed E-state index contributed by atoms with van der Waals surface area (Å²) in [5.74, 6) is -1.76. The largest absolute Gasteiger partial charge is 0.453 e. The van der Waals surface area contributed by atoms with Gasteiger partial charge in [0.2, 0.25) is 0 Å². The molecule has 2 rings (SSSR count). The zero-order chi connectivity index (χ0) is 16.3. The number of H-pyrrole nitrogens is 1. The number of nitrogens with zero attached hydrogens (tertiary/aromatic N) is 4. The molecule has 0 aliphatic heterocycles. The predicted octanol–water partition coefficient (Wildman–Crippen LogP) is 1.67. The zero-order valence-electron chi connectivity index (χ0n) is 12.0. The molecule has 2 N–H and O–H groups in total. The molecule has 0 saturated heterocycles. The van der Waals surface area contributed by atoms with Crippen LogP contribution in [0.2, 0.25) is 0 Å². The zero-order valence-corrected chi connectivity index (χ0v) is 12.0. The van der Waals surface area contributed by atoms with E-state index in [1.807, 2.05) is 6.92 Å². The van der Waals surface area contributed by atoms with E-state index in [1.165, 1.54) is 0 Å². The maximum atomic E-state index is 12.3. The van der Waals surface area contributed by atoms with E-state index in [-0.39, 0.29) is 12.4 Å². The van der Waals surface area contributed by atoms with Crippen molar-refractivity contribution in [3.63, 3.8) is 0 Å². The number of halogens is 3. The first-order chi connectivity index (χ1) is 10.3.